The summed E-state index contributed by atoms with van der Waals surface area (Å²) < 4.78 is 0. The van der Waals surface area contributed by atoms with Crippen LogP contribution >= 0.6 is 0 Å². The van der Waals surface area contributed by atoms with E-state index in [2.05, 4.69) is 130 Å². The van der Waals surface area contributed by atoms with Gasteiger partial charge >= 0.3 is 0 Å². The van der Waals surface area contributed by atoms with Gasteiger partial charge in [-0.05, 0) is 62.5 Å². The Morgan fingerprint density at radius 1 is 0.714 bits per heavy atom. The van der Waals surface area contributed by atoms with Crippen LogP contribution in [0.1, 0.15) is 60.3 Å². The summed E-state index contributed by atoms with van der Waals surface area (Å²) in [7, 11) is 0. The third-order valence-corrected chi connectivity index (χ3v) is 8.07. The highest BCUT2D eigenvalue weighted by atomic mass is 14.4. The normalized spacial score (nSPS) is 26.5. The van der Waals surface area contributed by atoms with Gasteiger partial charge < -0.3 is 0 Å². The third kappa shape index (κ3) is 3.88. The van der Waals surface area contributed by atoms with Crippen molar-refractivity contribution in [2.45, 2.75) is 38.0 Å². The highest BCUT2D eigenvalue weighted by Crippen LogP contribution is 2.49. The van der Waals surface area contributed by atoms with Crippen molar-refractivity contribution in [1.82, 2.24) is 0 Å². The summed E-state index contributed by atoms with van der Waals surface area (Å²) in [6.07, 6.45) is 11.0. The van der Waals surface area contributed by atoms with E-state index < -0.39 is 0 Å². The topological polar surface area (TPSA) is 0 Å². The summed E-state index contributed by atoms with van der Waals surface area (Å²) in [4.78, 5) is 0. The first-order valence-corrected chi connectivity index (χ1v) is 12.9. The lowest BCUT2D eigenvalue weighted by Crippen LogP contribution is -1.95. The molecule has 0 aliphatic heterocycles. The number of hydrogen-bond acceptors (Lipinski definition) is 0. The quantitative estimate of drug-likeness (QED) is 0.370. The maximum absolute atomic E-state index is 4.60. The van der Waals surface area contributed by atoms with Gasteiger partial charge in [-0.3, -0.25) is 0 Å². The lowest BCUT2D eigenvalue weighted by Gasteiger charge is -2.13. The molecule has 4 unspecified atom stereocenters. The molecular formula is C35H32. The van der Waals surface area contributed by atoms with Crippen LogP contribution in [0, 0.1) is 5.92 Å². The molecule has 4 atom stereocenters. The van der Waals surface area contributed by atoms with Crippen molar-refractivity contribution < 1.29 is 0 Å². The zero-order chi connectivity index (χ0) is 23.9. The van der Waals surface area contributed by atoms with Gasteiger partial charge in [0.1, 0.15) is 0 Å². The van der Waals surface area contributed by atoms with Gasteiger partial charge in [-0.2, -0.15) is 0 Å². The lowest BCUT2D eigenvalue weighted by molar-refractivity contribution is 0.649. The van der Waals surface area contributed by atoms with E-state index in [1.807, 2.05) is 0 Å². The van der Waals surface area contributed by atoms with E-state index in [4.69, 9.17) is 0 Å². The van der Waals surface area contributed by atoms with Crippen LogP contribution in [0.5, 0.6) is 0 Å². The van der Waals surface area contributed by atoms with Gasteiger partial charge in [0.25, 0.3) is 0 Å². The van der Waals surface area contributed by atoms with Crippen molar-refractivity contribution in [3.63, 3.8) is 0 Å². The second-order valence-corrected chi connectivity index (χ2v) is 10.3. The fourth-order valence-corrected chi connectivity index (χ4v) is 6.22. The SMILES string of the molecule is C=C1/C(=C/C2=CC(c3ccccc3)C=C2C2=CC(C)c3ccccc32)C(C)CC1c1ccccc1. The van der Waals surface area contributed by atoms with Crippen LogP contribution in [-0.2, 0) is 0 Å². The monoisotopic (exact) mass is 452 g/mol. The van der Waals surface area contributed by atoms with Gasteiger partial charge in [0.15, 0.2) is 0 Å². The molecule has 0 heterocycles. The predicted molar refractivity (Wildman–Crippen MR) is 148 cm³/mol. The molecule has 1 fully saturated rings. The van der Waals surface area contributed by atoms with Crippen LogP contribution < -0.4 is 0 Å². The molecule has 3 aromatic carbocycles. The first-order valence-electron chi connectivity index (χ1n) is 12.9. The van der Waals surface area contributed by atoms with E-state index in [1.54, 1.807) is 0 Å². The molecule has 3 aliphatic rings. The van der Waals surface area contributed by atoms with Gasteiger partial charge in [0.05, 0.1) is 0 Å². The van der Waals surface area contributed by atoms with Crippen LogP contribution in [0.15, 0.2) is 138 Å². The number of benzene rings is 3. The zero-order valence-corrected chi connectivity index (χ0v) is 20.6. The molecule has 0 spiro atoms. The van der Waals surface area contributed by atoms with E-state index in [1.165, 1.54) is 50.1 Å². The summed E-state index contributed by atoms with van der Waals surface area (Å²) in [5.41, 5.74) is 12.3. The first kappa shape index (κ1) is 21.9. The molecular weight excluding hydrogens is 420 g/mol. The van der Waals surface area contributed by atoms with Gasteiger partial charge in [-0.25, -0.2) is 0 Å². The number of hydrogen-bond donors (Lipinski definition) is 0. The largest absolute Gasteiger partial charge is 0.0949 e. The fourth-order valence-electron chi connectivity index (χ4n) is 6.22. The van der Waals surface area contributed by atoms with Gasteiger partial charge in [0, 0.05) is 17.8 Å². The molecule has 0 aromatic heterocycles. The van der Waals surface area contributed by atoms with E-state index in [0.29, 0.717) is 17.8 Å². The highest BCUT2D eigenvalue weighted by molar-refractivity contribution is 5.91. The summed E-state index contributed by atoms with van der Waals surface area (Å²) in [6.45, 7) is 9.27. The number of fused-ring (bicyclic) bond motifs is 1. The van der Waals surface area contributed by atoms with E-state index >= 15 is 0 Å². The van der Waals surface area contributed by atoms with E-state index in [-0.39, 0.29) is 5.92 Å². The Bertz CT molecular complexity index is 1390. The van der Waals surface area contributed by atoms with Gasteiger partial charge in [-0.1, -0.05) is 130 Å². The minimum atomic E-state index is 0.289. The smallest absolute Gasteiger partial charge is 0.0216 e. The van der Waals surface area contributed by atoms with Crippen molar-refractivity contribution in [2.24, 2.45) is 5.92 Å². The molecule has 3 aliphatic carbocycles. The summed E-state index contributed by atoms with van der Waals surface area (Å²) in [5.74, 6) is 1.63. The summed E-state index contributed by atoms with van der Waals surface area (Å²) >= 11 is 0. The van der Waals surface area contributed by atoms with Gasteiger partial charge in [-0.15, -0.1) is 0 Å². The first-order chi connectivity index (χ1) is 17.1. The molecule has 0 N–H and O–H groups in total. The minimum Gasteiger partial charge on any atom is -0.0949 e. The van der Waals surface area contributed by atoms with Crippen molar-refractivity contribution in [3.8, 4) is 0 Å². The molecule has 0 bridgehead atoms. The van der Waals surface area contributed by atoms with E-state index in [0.717, 1.165) is 6.42 Å². The average molecular weight is 453 g/mol. The number of rotatable bonds is 4. The summed E-state index contributed by atoms with van der Waals surface area (Å²) in [5, 5.41) is 0. The van der Waals surface area contributed by atoms with Crippen LogP contribution in [0.2, 0.25) is 0 Å². The maximum Gasteiger partial charge on any atom is 0.0216 e. The van der Waals surface area contributed by atoms with Crippen molar-refractivity contribution >= 4 is 5.57 Å². The Morgan fingerprint density at radius 2 is 1.37 bits per heavy atom. The molecule has 0 radical (unpaired) electrons. The summed E-state index contributed by atoms with van der Waals surface area (Å²) in [6, 6.07) is 30.6. The molecule has 0 amide bonds. The fraction of sp³-hybridized carbons (Fsp3) is 0.200. The molecule has 35 heavy (non-hydrogen) atoms. The van der Waals surface area contributed by atoms with Crippen molar-refractivity contribution in [2.75, 3.05) is 0 Å². The predicted octanol–water partition coefficient (Wildman–Crippen LogP) is 9.14. The van der Waals surface area contributed by atoms with Crippen LogP contribution in [0.25, 0.3) is 5.57 Å². The second kappa shape index (κ2) is 8.86. The van der Waals surface area contributed by atoms with Crippen molar-refractivity contribution in [3.05, 3.63) is 160 Å². The van der Waals surface area contributed by atoms with E-state index in [9.17, 15) is 0 Å². The Labute approximate surface area is 209 Å². The third-order valence-electron chi connectivity index (χ3n) is 8.07. The zero-order valence-electron chi connectivity index (χ0n) is 20.6. The molecule has 3 aromatic rings. The Kier molecular flexibility index (Phi) is 5.53. The van der Waals surface area contributed by atoms with Gasteiger partial charge in [0.2, 0.25) is 0 Å². The van der Waals surface area contributed by atoms with Crippen LogP contribution in [0.4, 0.5) is 0 Å². The lowest BCUT2D eigenvalue weighted by atomic mass is 9.91. The number of allylic oxidation sites excluding steroid dienone is 9. The second-order valence-electron chi connectivity index (χ2n) is 10.3. The van der Waals surface area contributed by atoms with Crippen LogP contribution in [-0.4, -0.2) is 0 Å². The van der Waals surface area contributed by atoms with Crippen molar-refractivity contribution in [1.29, 1.82) is 0 Å². The molecule has 0 heteroatoms. The molecule has 0 nitrogen and oxygen atoms in total. The Balaban J connectivity index is 1.42. The Morgan fingerprint density at radius 3 is 2.11 bits per heavy atom. The molecule has 172 valence electrons. The average Bonchev–Trinajstić information content (AvgIpc) is 3.55. The molecule has 6 rings (SSSR count). The standard InChI is InChI=1S/C35H32/c1-23-19-35(31-17-11-10-16-30(23)31)34-21-28(26-12-6-4-7-13-26)20-29(34)22-32-24(2)18-33(25(32)3)27-14-8-5-9-15-27/h4-17,19-24,28,33H,3,18H2,1-2H3/b32-22+. The highest BCUT2D eigenvalue weighted by Gasteiger charge is 2.33. The maximum atomic E-state index is 4.60. The molecule has 1 saturated carbocycles. The Hall–Kier alpha value is -3.64. The minimum absolute atomic E-state index is 0.289. The molecule has 0 saturated heterocycles. The van der Waals surface area contributed by atoms with Crippen LogP contribution in [0.3, 0.4) is 0 Å².